The van der Waals surface area contributed by atoms with Gasteiger partial charge in [-0.3, -0.25) is 4.79 Å². The molecule has 0 aliphatic heterocycles. The van der Waals surface area contributed by atoms with Gasteiger partial charge in [0.25, 0.3) is 5.91 Å². The van der Waals surface area contributed by atoms with Crippen molar-refractivity contribution in [3.05, 3.63) is 70.9 Å². The fraction of sp³-hybridized carbons (Fsp3) is 0.150. The molecule has 3 nitrogen and oxygen atoms in total. The average molecular weight is 302 g/mol. The van der Waals surface area contributed by atoms with Gasteiger partial charge >= 0.3 is 0 Å². The van der Waals surface area contributed by atoms with Crippen molar-refractivity contribution in [1.29, 1.82) is 0 Å². The zero-order valence-electron chi connectivity index (χ0n) is 13.2. The molecule has 0 radical (unpaired) electrons. The second-order valence-corrected chi connectivity index (χ2v) is 5.58. The first-order chi connectivity index (χ1) is 11.1. The summed E-state index contributed by atoms with van der Waals surface area (Å²) in [4.78, 5) is 15.4. The number of nitrogens with one attached hydrogen (secondary N) is 2. The quantitative estimate of drug-likeness (QED) is 0.698. The molecule has 3 rings (SSSR count). The molecule has 0 atom stereocenters. The summed E-state index contributed by atoms with van der Waals surface area (Å²) in [6.07, 6.45) is 0. The van der Waals surface area contributed by atoms with Crippen LogP contribution in [-0.4, -0.2) is 17.4 Å². The van der Waals surface area contributed by atoms with Crippen molar-refractivity contribution in [3.8, 4) is 11.8 Å². The number of rotatable bonds is 2. The van der Waals surface area contributed by atoms with Crippen LogP contribution in [0.25, 0.3) is 10.9 Å². The normalized spacial score (nSPS) is 10.2. The second-order valence-electron chi connectivity index (χ2n) is 5.58. The highest BCUT2D eigenvalue weighted by Gasteiger charge is 2.10. The van der Waals surface area contributed by atoms with E-state index in [4.69, 9.17) is 0 Å². The smallest absolute Gasteiger partial charge is 0.268 e. The van der Waals surface area contributed by atoms with Gasteiger partial charge in [0.15, 0.2) is 0 Å². The number of aryl methyl sites for hydroxylation is 2. The zero-order valence-corrected chi connectivity index (χ0v) is 13.2. The molecule has 0 spiro atoms. The largest absolute Gasteiger partial charge is 0.351 e. The SMILES string of the molecule is Cc1cc(C)c2cc(C(=O)NCC#Cc3ccccc3)[nH]c2c1. The van der Waals surface area contributed by atoms with E-state index in [-0.39, 0.29) is 5.91 Å². The van der Waals surface area contributed by atoms with E-state index >= 15 is 0 Å². The first kappa shape index (κ1) is 14.9. The van der Waals surface area contributed by atoms with Crippen LogP contribution in [0.4, 0.5) is 0 Å². The van der Waals surface area contributed by atoms with Crippen LogP contribution in [0.1, 0.15) is 27.2 Å². The molecule has 0 aliphatic carbocycles. The predicted molar refractivity (Wildman–Crippen MR) is 93.4 cm³/mol. The van der Waals surface area contributed by atoms with Gasteiger partial charge < -0.3 is 10.3 Å². The molecule has 3 aromatic rings. The highest BCUT2D eigenvalue weighted by atomic mass is 16.1. The lowest BCUT2D eigenvalue weighted by Crippen LogP contribution is -2.23. The molecule has 0 saturated carbocycles. The molecule has 2 N–H and O–H groups in total. The minimum Gasteiger partial charge on any atom is -0.351 e. The Labute approximate surface area is 135 Å². The number of amides is 1. The minimum absolute atomic E-state index is 0.138. The summed E-state index contributed by atoms with van der Waals surface area (Å²) in [5.41, 5.74) is 4.84. The topological polar surface area (TPSA) is 44.9 Å². The van der Waals surface area contributed by atoms with Gasteiger partial charge in [-0.05, 0) is 49.2 Å². The van der Waals surface area contributed by atoms with Crippen molar-refractivity contribution in [3.63, 3.8) is 0 Å². The maximum atomic E-state index is 12.2. The van der Waals surface area contributed by atoms with Crippen LogP contribution in [0.3, 0.4) is 0 Å². The molecular weight excluding hydrogens is 284 g/mol. The minimum atomic E-state index is -0.138. The maximum absolute atomic E-state index is 12.2. The third-order valence-electron chi connectivity index (χ3n) is 3.68. The number of H-pyrrole nitrogens is 1. The summed E-state index contributed by atoms with van der Waals surface area (Å²) in [6.45, 7) is 4.42. The standard InChI is InChI=1S/C20H18N2O/c1-14-11-15(2)17-13-19(22-18(17)12-14)20(23)21-10-6-9-16-7-4-3-5-8-16/h3-5,7-8,11-13,22H,10H2,1-2H3,(H,21,23). The highest BCUT2D eigenvalue weighted by Crippen LogP contribution is 2.21. The van der Waals surface area contributed by atoms with Crippen LogP contribution in [-0.2, 0) is 0 Å². The van der Waals surface area contributed by atoms with Crippen LogP contribution in [0, 0.1) is 25.7 Å². The van der Waals surface area contributed by atoms with E-state index in [0.717, 1.165) is 16.5 Å². The van der Waals surface area contributed by atoms with Gasteiger partial charge in [-0.25, -0.2) is 0 Å². The molecule has 0 bridgehead atoms. The van der Waals surface area contributed by atoms with Gasteiger partial charge in [0.1, 0.15) is 5.69 Å². The molecule has 1 amide bonds. The number of fused-ring (bicyclic) bond motifs is 1. The van der Waals surface area contributed by atoms with Crippen LogP contribution >= 0.6 is 0 Å². The number of aromatic nitrogens is 1. The molecule has 23 heavy (non-hydrogen) atoms. The van der Waals surface area contributed by atoms with Gasteiger partial charge in [-0.1, -0.05) is 36.1 Å². The summed E-state index contributed by atoms with van der Waals surface area (Å²) in [6, 6.07) is 15.8. The van der Waals surface area contributed by atoms with E-state index in [0.29, 0.717) is 12.2 Å². The van der Waals surface area contributed by atoms with Gasteiger partial charge in [0, 0.05) is 16.5 Å². The number of hydrogen-bond acceptors (Lipinski definition) is 1. The Morgan fingerprint density at radius 3 is 2.70 bits per heavy atom. The van der Waals surface area contributed by atoms with Crippen LogP contribution in [0.15, 0.2) is 48.5 Å². The molecule has 0 unspecified atom stereocenters. The zero-order chi connectivity index (χ0) is 16.2. The molecule has 1 heterocycles. The molecule has 114 valence electrons. The molecule has 0 fully saturated rings. The molecule has 2 aromatic carbocycles. The lowest BCUT2D eigenvalue weighted by atomic mass is 10.1. The fourth-order valence-corrected chi connectivity index (χ4v) is 2.61. The van der Waals surface area contributed by atoms with Crippen molar-refractivity contribution >= 4 is 16.8 Å². The van der Waals surface area contributed by atoms with Crippen LogP contribution < -0.4 is 5.32 Å². The van der Waals surface area contributed by atoms with Gasteiger partial charge in [0.05, 0.1) is 6.54 Å². The lowest BCUT2D eigenvalue weighted by molar-refractivity contribution is 0.0954. The molecule has 3 heteroatoms. The van der Waals surface area contributed by atoms with E-state index < -0.39 is 0 Å². The summed E-state index contributed by atoms with van der Waals surface area (Å²) >= 11 is 0. The number of carbonyl (C=O) groups excluding carboxylic acids is 1. The summed E-state index contributed by atoms with van der Waals surface area (Å²) in [5.74, 6) is 5.84. The van der Waals surface area contributed by atoms with Crippen molar-refractivity contribution in [2.75, 3.05) is 6.54 Å². The molecule has 0 saturated heterocycles. The van der Waals surface area contributed by atoms with Crippen LogP contribution in [0.5, 0.6) is 0 Å². The first-order valence-electron chi connectivity index (χ1n) is 7.55. The van der Waals surface area contributed by atoms with Gasteiger partial charge in [0.2, 0.25) is 0 Å². The third-order valence-corrected chi connectivity index (χ3v) is 3.68. The summed E-state index contributed by atoms with van der Waals surface area (Å²) in [7, 11) is 0. The Morgan fingerprint density at radius 1 is 1.13 bits per heavy atom. The van der Waals surface area contributed by atoms with Crippen LogP contribution in [0.2, 0.25) is 0 Å². The Hall–Kier alpha value is -2.99. The molecular formula is C20H18N2O. The van der Waals surface area contributed by atoms with E-state index in [9.17, 15) is 4.79 Å². The highest BCUT2D eigenvalue weighted by molar-refractivity contribution is 5.99. The average Bonchev–Trinajstić information content (AvgIpc) is 2.97. The number of benzene rings is 2. The van der Waals surface area contributed by atoms with Crippen molar-refractivity contribution in [2.45, 2.75) is 13.8 Å². The monoisotopic (exact) mass is 302 g/mol. The summed E-state index contributed by atoms with van der Waals surface area (Å²) < 4.78 is 0. The second kappa shape index (κ2) is 6.41. The van der Waals surface area contributed by atoms with Gasteiger partial charge in [-0.15, -0.1) is 0 Å². The van der Waals surface area contributed by atoms with Crippen molar-refractivity contribution < 1.29 is 4.79 Å². The Morgan fingerprint density at radius 2 is 1.91 bits per heavy atom. The molecule has 1 aromatic heterocycles. The van der Waals surface area contributed by atoms with Crippen molar-refractivity contribution in [1.82, 2.24) is 10.3 Å². The Bertz CT molecular complexity index is 911. The Balaban J connectivity index is 1.69. The number of carbonyl (C=O) groups is 1. The first-order valence-corrected chi connectivity index (χ1v) is 7.55. The van der Waals surface area contributed by atoms with Crippen molar-refractivity contribution in [2.24, 2.45) is 0 Å². The number of aromatic amines is 1. The lowest BCUT2D eigenvalue weighted by Gasteiger charge is -1.97. The van der Waals surface area contributed by atoms with E-state index in [1.54, 1.807) is 0 Å². The number of hydrogen-bond donors (Lipinski definition) is 2. The molecule has 0 aliphatic rings. The van der Waals surface area contributed by atoms with Gasteiger partial charge in [-0.2, -0.15) is 0 Å². The maximum Gasteiger partial charge on any atom is 0.268 e. The van der Waals surface area contributed by atoms with E-state index in [2.05, 4.69) is 35.1 Å². The third kappa shape index (κ3) is 3.44. The predicted octanol–water partition coefficient (Wildman–Crippen LogP) is 3.57. The summed E-state index contributed by atoms with van der Waals surface area (Å²) in [5, 5.41) is 3.90. The van der Waals surface area contributed by atoms with E-state index in [1.165, 1.54) is 11.1 Å². The Kier molecular flexibility index (Phi) is 4.16. The van der Waals surface area contributed by atoms with E-state index in [1.807, 2.05) is 49.4 Å². The fourth-order valence-electron chi connectivity index (χ4n) is 2.61.